The SMILES string of the molecule is O=C(COC(=O)[C@]12CCC(=O)N1c1ccccc1S2)c1ccc2c(c1)OCO2. The molecule has 0 unspecified atom stereocenters. The van der Waals surface area contributed by atoms with Crippen molar-refractivity contribution in [2.45, 2.75) is 22.6 Å². The number of anilines is 1. The van der Waals surface area contributed by atoms with Gasteiger partial charge < -0.3 is 14.2 Å². The minimum Gasteiger partial charge on any atom is -0.455 e. The molecule has 0 spiro atoms. The first kappa shape index (κ1) is 17.1. The number of carbonyl (C=O) groups excluding carboxylic acids is 3. The quantitative estimate of drug-likeness (QED) is 0.580. The highest BCUT2D eigenvalue weighted by Crippen LogP contribution is 2.56. The van der Waals surface area contributed by atoms with Crippen LogP contribution in [0.3, 0.4) is 0 Å². The van der Waals surface area contributed by atoms with Crippen LogP contribution in [0, 0.1) is 0 Å². The number of hydrogen-bond donors (Lipinski definition) is 0. The molecule has 0 radical (unpaired) electrons. The van der Waals surface area contributed by atoms with Gasteiger partial charge in [-0.15, -0.1) is 0 Å². The number of ether oxygens (including phenoxy) is 3. The summed E-state index contributed by atoms with van der Waals surface area (Å²) in [4.78, 5) is 39.1. The molecule has 0 aromatic heterocycles. The van der Waals surface area contributed by atoms with Gasteiger partial charge >= 0.3 is 5.97 Å². The lowest BCUT2D eigenvalue weighted by Gasteiger charge is -2.28. The van der Waals surface area contributed by atoms with Crippen LogP contribution in [0.5, 0.6) is 11.5 Å². The molecule has 0 N–H and O–H groups in total. The number of para-hydroxylation sites is 1. The van der Waals surface area contributed by atoms with E-state index in [-0.39, 0.29) is 24.9 Å². The number of esters is 1. The number of amides is 1. The van der Waals surface area contributed by atoms with Crippen LogP contribution in [-0.2, 0) is 14.3 Å². The predicted molar refractivity (Wildman–Crippen MR) is 99.6 cm³/mol. The lowest BCUT2D eigenvalue weighted by Crippen LogP contribution is -2.48. The van der Waals surface area contributed by atoms with Crippen LogP contribution in [0.25, 0.3) is 0 Å². The molecule has 142 valence electrons. The Morgan fingerprint density at radius 3 is 2.86 bits per heavy atom. The van der Waals surface area contributed by atoms with Gasteiger partial charge in [0.05, 0.1) is 5.69 Å². The first-order valence-electron chi connectivity index (χ1n) is 8.80. The molecule has 28 heavy (non-hydrogen) atoms. The zero-order valence-electron chi connectivity index (χ0n) is 14.7. The van der Waals surface area contributed by atoms with Crippen molar-refractivity contribution in [1.29, 1.82) is 0 Å². The number of rotatable bonds is 4. The number of carbonyl (C=O) groups is 3. The van der Waals surface area contributed by atoms with E-state index < -0.39 is 17.4 Å². The van der Waals surface area contributed by atoms with E-state index in [0.717, 1.165) is 4.90 Å². The fraction of sp³-hybridized carbons (Fsp3) is 0.250. The predicted octanol–water partition coefficient (Wildman–Crippen LogP) is 2.77. The van der Waals surface area contributed by atoms with Crippen molar-refractivity contribution in [3.05, 3.63) is 48.0 Å². The number of thioether (sulfide) groups is 1. The molecule has 0 aliphatic carbocycles. The van der Waals surface area contributed by atoms with Gasteiger partial charge in [0.1, 0.15) is 0 Å². The molecule has 3 aliphatic rings. The second-order valence-electron chi connectivity index (χ2n) is 6.65. The summed E-state index contributed by atoms with van der Waals surface area (Å²) < 4.78 is 15.9. The lowest BCUT2D eigenvalue weighted by molar-refractivity contribution is -0.145. The van der Waals surface area contributed by atoms with Crippen LogP contribution in [-0.4, -0.2) is 35.9 Å². The second-order valence-corrected chi connectivity index (χ2v) is 7.97. The molecule has 8 heteroatoms. The molecule has 2 aromatic rings. The second kappa shape index (κ2) is 6.27. The molecule has 0 saturated carbocycles. The zero-order valence-corrected chi connectivity index (χ0v) is 15.5. The number of Topliss-reactive ketones (excluding diaryl/α,β-unsaturated/α-hetero) is 1. The van der Waals surface area contributed by atoms with Gasteiger partial charge in [0.2, 0.25) is 12.7 Å². The van der Waals surface area contributed by atoms with Crippen molar-refractivity contribution in [3.63, 3.8) is 0 Å². The Bertz CT molecular complexity index is 1020. The highest BCUT2D eigenvalue weighted by atomic mass is 32.2. The molecular weight excluding hydrogens is 382 g/mol. The molecule has 1 amide bonds. The molecule has 1 fully saturated rings. The van der Waals surface area contributed by atoms with Crippen molar-refractivity contribution in [3.8, 4) is 11.5 Å². The number of hydrogen-bond acceptors (Lipinski definition) is 7. The number of benzene rings is 2. The van der Waals surface area contributed by atoms with Crippen molar-refractivity contribution in [2.24, 2.45) is 0 Å². The summed E-state index contributed by atoms with van der Waals surface area (Å²) in [5.74, 6) is 0.0300. The molecule has 0 bridgehead atoms. The standard InChI is InChI=1S/C20H15NO6S/c22-14(12-5-6-15-16(9-12)27-11-26-15)10-25-19(24)20-8-7-18(23)21(20)13-3-1-2-4-17(13)28-20/h1-6,9H,7-8,10-11H2/t20-/m1/s1. The zero-order chi connectivity index (χ0) is 19.3. The average molecular weight is 397 g/mol. The monoisotopic (exact) mass is 397 g/mol. The van der Waals surface area contributed by atoms with Crippen LogP contribution in [0.4, 0.5) is 5.69 Å². The maximum absolute atomic E-state index is 13.0. The molecule has 3 aliphatic heterocycles. The van der Waals surface area contributed by atoms with Crippen molar-refractivity contribution in [2.75, 3.05) is 18.3 Å². The molecule has 1 atom stereocenters. The van der Waals surface area contributed by atoms with Crippen LogP contribution in [0.1, 0.15) is 23.2 Å². The van der Waals surface area contributed by atoms with E-state index in [1.54, 1.807) is 18.2 Å². The summed E-state index contributed by atoms with van der Waals surface area (Å²) >= 11 is 1.31. The summed E-state index contributed by atoms with van der Waals surface area (Å²) in [5.41, 5.74) is 1.09. The number of ketones is 1. The van der Waals surface area contributed by atoms with Crippen LogP contribution in [0.2, 0.25) is 0 Å². The van der Waals surface area contributed by atoms with Crippen LogP contribution >= 0.6 is 11.8 Å². The third-order valence-electron chi connectivity index (χ3n) is 5.02. The van der Waals surface area contributed by atoms with Gasteiger partial charge in [0.15, 0.2) is 28.8 Å². The van der Waals surface area contributed by atoms with Crippen LogP contribution < -0.4 is 14.4 Å². The van der Waals surface area contributed by atoms with Gasteiger partial charge in [-0.1, -0.05) is 23.9 Å². The van der Waals surface area contributed by atoms with Gasteiger partial charge in [-0.3, -0.25) is 14.5 Å². The van der Waals surface area contributed by atoms with E-state index in [2.05, 4.69) is 0 Å². The highest BCUT2D eigenvalue weighted by Gasteiger charge is 2.58. The largest absolute Gasteiger partial charge is 0.455 e. The first-order valence-corrected chi connectivity index (χ1v) is 9.61. The first-order chi connectivity index (χ1) is 13.6. The summed E-state index contributed by atoms with van der Waals surface area (Å²) in [6.45, 7) is -0.286. The van der Waals surface area contributed by atoms with Gasteiger partial charge in [-0.05, 0) is 30.3 Å². The Kier molecular flexibility index (Phi) is 3.83. The topological polar surface area (TPSA) is 82.1 Å². The summed E-state index contributed by atoms with van der Waals surface area (Å²) in [6.07, 6.45) is 0.620. The molecular formula is C20H15NO6S. The van der Waals surface area contributed by atoms with Gasteiger partial charge in [-0.2, -0.15) is 0 Å². The Morgan fingerprint density at radius 1 is 1.14 bits per heavy atom. The summed E-state index contributed by atoms with van der Waals surface area (Å²) in [5, 5.41) is 0. The van der Waals surface area contributed by atoms with Gasteiger partial charge in [0.25, 0.3) is 0 Å². The maximum atomic E-state index is 13.0. The Balaban J connectivity index is 1.33. The number of nitrogens with zero attached hydrogens (tertiary/aromatic N) is 1. The van der Waals surface area contributed by atoms with Gasteiger partial charge in [0, 0.05) is 23.3 Å². The third-order valence-corrected chi connectivity index (χ3v) is 6.48. The molecule has 5 rings (SSSR count). The minimum absolute atomic E-state index is 0.114. The van der Waals surface area contributed by atoms with E-state index in [1.165, 1.54) is 16.7 Å². The van der Waals surface area contributed by atoms with Crippen molar-refractivity contribution in [1.82, 2.24) is 0 Å². The number of fused-ring (bicyclic) bond motifs is 4. The normalized spacial score (nSPS) is 21.4. The third kappa shape index (κ3) is 2.48. The van der Waals surface area contributed by atoms with E-state index in [4.69, 9.17) is 14.2 Å². The van der Waals surface area contributed by atoms with Gasteiger partial charge in [-0.25, -0.2) is 4.79 Å². The highest BCUT2D eigenvalue weighted by molar-refractivity contribution is 8.02. The van der Waals surface area contributed by atoms with E-state index in [1.807, 2.05) is 24.3 Å². The Morgan fingerprint density at radius 2 is 1.96 bits per heavy atom. The van der Waals surface area contributed by atoms with E-state index in [0.29, 0.717) is 29.2 Å². The lowest BCUT2D eigenvalue weighted by atomic mass is 10.1. The summed E-state index contributed by atoms with van der Waals surface area (Å²) in [7, 11) is 0. The Labute approximate surface area is 164 Å². The van der Waals surface area contributed by atoms with Crippen LogP contribution in [0.15, 0.2) is 47.4 Å². The fourth-order valence-electron chi connectivity index (χ4n) is 3.67. The summed E-state index contributed by atoms with van der Waals surface area (Å²) in [6, 6.07) is 12.2. The average Bonchev–Trinajstić information content (AvgIpc) is 3.39. The molecule has 1 saturated heterocycles. The van der Waals surface area contributed by atoms with E-state index >= 15 is 0 Å². The van der Waals surface area contributed by atoms with E-state index in [9.17, 15) is 14.4 Å². The fourth-order valence-corrected chi connectivity index (χ4v) is 5.08. The van der Waals surface area contributed by atoms with Crippen molar-refractivity contribution >= 4 is 35.1 Å². The smallest absolute Gasteiger partial charge is 0.343 e. The molecule has 3 heterocycles. The molecule has 2 aromatic carbocycles. The Hall–Kier alpha value is -3.00. The molecule has 7 nitrogen and oxygen atoms in total. The maximum Gasteiger partial charge on any atom is 0.343 e. The minimum atomic E-state index is -1.13. The van der Waals surface area contributed by atoms with Crippen molar-refractivity contribution < 1.29 is 28.6 Å².